The Hall–Kier alpha value is -1.52. The SMILES string of the molecule is CC1(C)[C@H](C=C(Cl)Cl)[C@@H]1C(=O)Nc1ccc(C(=O)[O-])cc1. The van der Waals surface area contributed by atoms with Crippen LogP contribution in [0.4, 0.5) is 5.69 Å². The minimum absolute atomic E-state index is 0.00927. The highest BCUT2D eigenvalue weighted by Crippen LogP contribution is 2.59. The van der Waals surface area contributed by atoms with Crippen molar-refractivity contribution < 1.29 is 14.7 Å². The van der Waals surface area contributed by atoms with E-state index in [0.29, 0.717) is 5.69 Å². The number of allylic oxidation sites excluding steroid dienone is 1. The molecular weight excluding hydrogens is 313 g/mol. The third-order valence-corrected chi connectivity index (χ3v) is 4.14. The van der Waals surface area contributed by atoms with Crippen LogP contribution in [0.3, 0.4) is 0 Å². The Balaban J connectivity index is 2.05. The number of carbonyl (C=O) groups is 2. The number of carbonyl (C=O) groups excluding carboxylic acids is 2. The molecule has 2 atom stereocenters. The normalized spacial score (nSPS) is 22.3. The van der Waals surface area contributed by atoms with Crippen LogP contribution in [-0.2, 0) is 4.79 Å². The van der Waals surface area contributed by atoms with Gasteiger partial charge in [0, 0.05) is 5.69 Å². The second kappa shape index (κ2) is 5.70. The summed E-state index contributed by atoms with van der Waals surface area (Å²) in [7, 11) is 0. The number of hydrogen-bond acceptors (Lipinski definition) is 3. The molecule has 0 spiro atoms. The Kier molecular flexibility index (Phi) is 4.30. The molecule has 112 valence electrons. The second-order valence-electron chi connectivity index (χ2n) is 5.64. The van der Waals surface area contributed by atoms with Gasteiger partial charge in [-0.1, -0.05) is 49.2 Å². The standard InChI is InChI=1S/C15H15Cl2NO3/c1-15(2)10(7-11(16)17)12(15)13(19)18-9-5-3-8(4-6-9)14(20)21/h3-7,10,12H,1-2H3,(H,18,19)(H,20,21)/p-1/t10-,12-/m1/s1. The maximum atomic E-state index is 12.2. The molecule has 0 radical (unpaired) electrons. The van der Waals surface area contributed by atoms with Gasteiger partial charge in [0.15, 0.2) is 0 Å². The monoisotopic (exact) mass is 326 g/mol. The third kappa shape index (κ3) is 3.39. The lowest BCUT2D eigenvalue weighted by Gasteiger charge is -2.07. The van der Waals surface area contributed by atoms with Crippen molar-refractivity contribution in [1.29, 1.82) is 0 Å². The first-order chi connectivity index (χ1) is 9.73. The van der Waals surface area contributed by atoms with E-state index < -0.39 is 5.97 Å². The summed E-state index contributed by atoms with van der Waals surface area (Å²) in [6.45, 7) is 3.93. The van der Waals surface area contributed by atoms with E-state index in [-0.39, 0.29) is 33.2 Å². The molecule has 1 amide bonds. The molecule has 0 aliphatic heterocycles. The number of aromatic carboxylic acids is 1. The van der Waals surface area contributed by atoms with E-state index in [1.807, 2.05) is 13.8 Å². The molecule has 1 aromatic carbocycles. The zero-order chi connectivity index (χ0) is 15.8. The number of amides is 1. The highest BCUT2D eigenvalue weighted by molar-refractivity contribution is 6.55. The quantitative estimate of drug-likeness (QED) is 0.924. The number of hydrogen-bond donors (Lipinski definition) is 1. The number of benzene rings is 1. The molecule has 1 aromatic rings. The van der Waals surface area contributed by atoms with Crippen LogP contribution in [0.1, 0.15) is 24.2 Å². The van der Waals surface area contributed by atoms with Crippen LogP contribution in [0.5, 0.6) is 0 Å². The van der Waals surface area contributed by atoms with E-state index in [1.54, 1.807) is 6.08 Å². The topological polar surface area (TPSA) is 69.2 Å². The number of carboxylic acids is 1. The van der Waals surface area contributed by atoms with E-state index in [1.165, 1.54) is 24.3 Å². The van der Waals surface area contributed by atoms with Crippen LogP contribution < -0.4 is 10.4 Å². The van der Waals surface area contributed by atoms with Crippen molar-refractivity contribution >= 4 is 40.8 Å². The van der Waals surface area contributed by atoms with Gasteiger partial charge in [0.2, 0.25) is 5.91 Å². The van der Waals surface area contributed by atoms with Gasteiger partial charge in [-0.25, -0.2) is 0 Å². The second-order valence-corrected chi connectivity index (χ2v) is 6.64. The summed E-state index contributed by atoms with van der Waals surface area (Å²) in [6.07, 6.45) is 1.67. The summed E-state index contributed by atoms with van der Waals surface area (Å²) in [5.41, 5.74) is 0.395. The van der Waals surface area contributed by atoms with Crippen LogP contribution in [0, 0.1) is 17.3 Å². The first-order valence-electron chi connectivity index (χ1n) is 6.38. The van der Waals surface area contributed by atoms with Crippen molar-refractivity contribution in [3.05, 3.63) is 40.4 Å². The molecule has 1 aliphatic carbocycles. The highest BCUT2D eigenvalue weighted by Gasteiger charge is 2.60. The largest absolute Gasteiger partial charge is 0.545 e. The van der Waals surface area contributed by atoms with Gasteiger partial charge >= 0.3 is 0 Å². The molecule has 1 aliphatic rings. The summed E-state index contributed by atoms with van der Waals surface area (Å²) in [5.74, 6) is -1.62. The summed E-state index contributed by atoms with van der Waals surface area (Å²) < 4.78 is 0.154. The fraction of sp³-hybridized carbons (Fsp3) is 0.333. The molecule has 1 fully saturated rings. The van der Waals surface area contributed by atoms with Gasteiger partial charge in [-0.05, 0) is 35.1 Å². The zero-order valence-corrected chi connectivity index (χ0v) is 13.0. The van der Waals surface area contributed by atoms with Crippen LogP contribution in [0.25, 0.3) is 0 Å². The predicted octanol–water partition coefficient (Wildman–Crippen LogP) is 2.58. The van der Waals surface area contributed by atoms with Crippen LogP contribution in [-0.4, -0.2) is 11.9 Å². The van der Waals surface area contributed by atoms with E-state index in [9.17, 15) is 14.7 Å². The first kappa shape index (κ1) is 15.9. The number of halogens is 2. The van der Waals surface area contributed by atoms with Crippen molar-refractivity contribution in [3.8, 4) is 0 Å². The van der Waals surface area contributed by atoms with Gasteiger partial charge in [-0.2, -0.15) is 0 Å². The van der Waals surface area contributed by atoms with Crippen molar-refractivity contribution in [2.75, 3.05) is 5.32 Å². The molecule has 6 heteroatoms. The maximum absolute atomic E-state index is 12.2. The summed E-state index contributed by atoms with van der Waals surface area (Å²) in [6, 6.07) is 5.82. The molecule has 0 bridgehead atoms. The van der Waals surface area contributed by atoms with E-state index in [2.05, 4.69) is 5.32 Å². The molecule has 1 saturated carbocycles. The fourth-order valence-electron chi connectivity index (χ4n) is 2.53. The van der Waals surface area contributed by atoms with Crippen LogP contribution in [0.2, 0.25) is 0 Å². The molecule has 0 heterocycles. The van der Waals surface area contributed by atoms with Crippen LogP contribution >= 0.6 is 23.2 Å². The molecule has 1 N–H and O–H groups in total. The maximum Gasteiger partial charge on any atom is 0.228 e. The van der Waals surface area contributed by atoms with E-state index in [0.717, 1.165) is 0 Å². The lowest BCUT2D eigenvalue weighted by Crippen LogP contribution is -2.22. The Morgan fingerprint density at radius 2 is 1.81 bits per heavy atom. The van der Waals surface area contributed by atoms with Gasteiger partial charge in [-0.3, -0.25) is 4.79 Å². The van der Waals surface area contributed by atoms with Crippen molar-refractivity contribution in [2.24, 2.45) is 17.3 Å². The Bertz CT molecular complexity index is 604. The number of nitrogens with one attached hydrogen (secondary N) is 1. The van der Waals surface area contributed by atoms with Crippen molar-refractivity contribution in [1.82, 2.24) is 0 Å². The average molecular weight is 327 g/mol. The molecule has 2 rings (SSSR count). The van der Waals surface area contributed by atoms with Crippen LogP contribution in [0.15, 0.2) is 34.8 Å². The molecule has 21 heavy (non-hydrogen) atoms. The number of anilines is 1. The lowest BCUT2D eigenvalue weighted by molar-refractivity contribution is -0.255. The van der Waals surface area contributed by atoms with Gasteiger partial charge in [0.05, 0.1) is 11.9 Å². The van der Waals surface area contributed by atoms with Gasteiger partial charge in [0.25, 0.3) is 0 Å². The van der Waals surface area contributed by atoms with Gasteiger partial charge in [0.1, 0.15) is 4.49 Å². The Labute approximate surface area is 132 Å². The van der Waals surface area contributed by atoms with Gasteiger partial charge in [-0.15, -0.1) is 0 Å². The molecule has 0 unspecified atom stereocenters. The van der Waals surface area contributed by atoms with E-state index in [4.69, 9.17) is 23.2 Å². The highest BCUT2D eigenvalue weighted by atomic mass is 35.5. The fourth-order valence-corrected chi connectivity index (χ4v) is 2.81. The smallest absolute Gasteiger partial charge is 0.228 e. The van der Waals surface area contributed by atoms with Crippen molar-refractivity contribution in [2.45, 2.75) is 13.8 Å². The zero-order valence-electron chi connectivity index (χ0n) is 11.5. The number of rotatable bonds is 4. The minimum Gasteiger partial charge on any atom is -0.545 e. The molecule has 0 aromatic heterocycles. The Morgan fingerprint density at radius 3 is 2.29 bits per heavy atom. The average Bonchev–Trinajstić information content (AvgIpc) is 2.90. The molecule has 0 saturated heterocycles. The van der Waals surface area contributed by atoms with Crippen molar-refractivity contribution in [3.63, 3.8) is 0 Å². The predicted molar refractivity (Wildman–Crippen MR) is 80.0 cm³/mol. The third-order valence-electron chi connectivity index (χ3n) is 3.89. The Morgan fingerprint density at radius 1 is 1.24 bits per heavy atom. The minimum atomic E-state index is -1.25. The lowest BCUT2D eigenvalue weighted by atomic mass is 10.1. The summed E-state index contributed by atoms with van der Waals surface area (Å²) >= 11 is 11.3. The van der Waals surface area contributed by atoms with Gasteiger partial charge < -0.3 is 15.2 Å². The number of carboxylic acid groups (broad SMARTS) is 1. The summed E-state index contributed by atoms with van der Waals surface area (Å²) in [4.78, 5) is 22.9. The first-order valence-corrected chi connectivity index (χ1v) is 7.14. The molecular formula is C15H14Cl2NO3-. The summed E-state index contributed by atoms with van der Waals surface area (Å²) in [5, 5.41) is 13.4. The van der Waals surface area contributed by atoms with E-state index >= 15 is 0 Å². The molecule has 4 nitrogen and oxygen atoms in total.